The van der Waals surface area contributed by atoms with Gasteiger partial charge >= 0.3 is 0 Å². The van der Waals surface area contributed by atoms with Crippen LogP contribution in [-0.4, -0.2) is 41.9 Å². The third-order valence-electron chi connectivity index (χ3n) is 5.44. The van der Waals surface area contributed by atoms with Crippen LogP contribution in [0.1, 0.15) is 29.2 Å². The van der Waals surface area contributed by atoms with Crippen molar-refractivity contribution in [3.8, 4) is 0 Å². The van der Waals surface area contributed by atoms with Crippen LogP contribution in [0.3, 0.4) is 0 Å². The van der Waals surface area contributed by atoms with Crippen LogP contribution in [0.25, 0.3) is 0 Å². The minimum atomic E-state index is -0.239. The second-order valence-corrected chi connectivity index (χ2v) is 6.97. The predicted molar refractivity (Wildman–Crippen MR) is 95.8 cm³/mol. The number of carbonyl (C=O) groups excluding carboxylic acids is 1. The molecule has 0 bridgehead atoms. The number of fused-ring (bicyclic) bond motifs is 3. The maximum atomic E-state index is 13.3. The average molecular weight is 338 g/mol. The van der Waals surface area contributed by atoms with Gasteiger partial charge in [0, 0.05) is 32.6 Å². The summed E-state index contributed by atoms with van der Waals surface area (Å²) in [5, 5.41) is 0. The average Bonchev–Trinajstić information content (AvgIpc) is 2.65. The lowest BCUT2D eigenvalue weighted by atomic mass is 9.91. The maximum absolute atomic E-state index is 13.3. The molecule has 0 N–H and O–H groups in total. The van der Waals surface area contributed by atoms with Gasteiger partial charge in [-0.25, -0.2) is 4.39 Å². The minimum absolute atomic E-state index is 0.173. The van der Waals surface area contributed by atoms with Crippen molar-refractivity contribution in [2.24, 2.45) is 0 Å². The molecular formula is C21H23FN2O. The lowest BCUT2D eigenvalue weighted by Gasteiger charge is -2.45. The molecule has 0 radical (unpaired) electrons. The van der Waals surface area contributed by atoms with Crippen LogP contribution in [0.2, 0.25) is 0 Å². The van der Waals surface area contributed by atoms with E-state index in [1.807, 2.05) is 11.0 Å². The number of rotatable bonds is 3. The molecule has 4 heteroatoms. The van der Waals surface area contributed by atoms with Crippen molar-refractivity contribution >= 4 is 5.91 Å². The molecule has 2 aliphatic heterocycles. The summed E-state index contributed by atoms with van der Waals surface area (Å²) in [4.78, 5) is 17.1. The molecule has 1 atom stereocenters. The molecule has 2 aliphatic rings. The molecule has 1 amide bonds. The van der Waals surface area contributed by atoms with Gasteiger partial charge in [-0.3, -0.25) is 9.69 Å². The fourth-order valence-electron chi connectivity index (χ4n) is 4.06. The number of aryl methyl sites for hydroxylation is 1. The number of hydrogen-bond donors (Lipinski definition) is 0. The lowest BCUT2D eigenvalue weighted by Crippen LogP contribution is -2.52. The summed E-state index contributed by atoms with van der Waals surface area (Å²) in [5.74, 6) is -0.0654. The van der Waals surface area contributed by atoms with Crippen molar-refractivity contribution in [1.29, 1.82) is 0 Å². The normalized spacial score (nSPS) is 20.0. The molecule has 130 valence electrons. The van der Waals surface area contributed by atoms with E-state index in [1.165, 1.54) is 23.3 Å². The zero-order chi connectivity index (χ0) is 17.2. The van der Waals surface area contributed by atoms with Gasteiger partial charge in [0.25, 0.3) is 0 Å². The van der Waals surface area contributed by atoms with E-state index in [0.717, 1.165) is 38.2 Å². The first kappa shape index (κ1) is 16.3. The molecule has 2 aromatic rings. The van der Waals surface area contributed by atoms with E-state index in [0.29, 0.717) is 18.9 Å². The standard InChI is InChI=1S/C21H23FN2O/c22-18-6-3-4-16(14-18)8-9-21(25)24-13-12-23-11-10-17-5-1-2-7-19(17)20(23)15-24/h1-7,14,20H,8-13,15H2. The van der Waals surface area contributed by atoms with Crippen molar-refractivity contribution in [2.75, 3.05) is 26.2 Å². The SMILES string of the molecule is O=C(CCc1cccc(F)c1)N1CCN2CCc3ccccc3C2C1. The van der Waals surface area contributed by atoms with Gasteiger partial charge in [-0.15, -0.1) is 0 Å². The van der Waals surface area contributed by atoms with Gasteiger partial charge in [0.15, 0.2) is 0 Å². The van der Waals surface area contributed by atoms with Crippen molar-refractivity contribution in [3.63, 3.8) is 0 Å². The Morgan fingerprint density at radius 2 is 1.96 bits per heavy atom. The maximum Gasteiger partial charge on any atom is 0.223 e. The van der Waals surface area contributed by atoms with Crippen LogP contribution in [0.15, 0.2) is 48.5 Å². The molecule has 0 saturated carbocycles. The molecule has 0 spiro atoms. The first-order valence-corrected chi connectivity index (χ1v) is 9.05. The zero-order valence-electron chi connectivity index (χ0n) is 14.3. The lowest BCUT2D eigenvalue weighted by molar-refractivity contribution is -0.134. The highest BCUT2D eigenvalue weighted by Gasteiger charge is 2.33. The highest BCUT2D eigenvalue weighted by Crippen LogP contribution is 2.32. The van der Waals surface area contributed by atoms with E-state index in [4.69, 9.17) is 0 Å². The van der Waals surface area contributed by atoms with E-state index in [2.05, 4.69) is 29.2 Å². The molecule has 1 fully saturated rings. The molecule has 0 aromatic heterocycles. The fourth-order valence-corrected chi connectivity index (χ4v) is 4.06. The van der Waals surface area contributed by atoms with Crippen LogP contribution in [0.5, 0.6) is 0 Å². The van der Waals surface area contributed by atoms with Crippen LogP contribution >= 0.6 is 0 Å². The topological polar surface area (TPSA) is 23.6 Å². The van der Waals surface area contributed by atoms with Crippen molar-refractivity contribution in [3.05, 3.63) is 71.0 Å². The van der Waals surface area contributed by atoms with Gasteiger partial charge in [-0.2, -0.15) is 0 Å². The largest absolute Gasteiger partial charge is 0.339 e. The summed E-state index contributed by atoms with van der Waals surface area (Å²) in [6.45, 7) is 3.57. The number of halogens is 1. The minimum Gasteiger partial charge on any atom is -0.339 e. The number of nitrogens with zero attached hydrogens (tertiary/aromatic N) is 2. The highest BCUT2D eigenvalue weighted by molar-refractivity contribution is 5.76. The second kappa shape index (κ2) is 6.96. The van der Waals surface area contributed by atoms with E-state index in [-0.39, 0.29) is 11.7 Å². The molecule has 0 aliphatic carbocycles. The fraction of sp³-hybridized carbons (Fsp3) is 0.381. The molecule has 2 heterocycles. The van der Waals surface area contributed by atoms with Gasteiger partial charge < -0.3 is 4.90 Å². The Labute approximate surface area is 148 Å². The Hall–Kier alpha value is -2.20. The predicted octanol–water partition coefficient (Wildman–Crippen LogP) is 3.20. The summed E-state index contributed by atoms with van der Waals surface area (Å²) in [6, 6.07) is 15.4. The molecule has 25 heavy (non-hydrogen) atoms. The van der Waals surface area contributed by atoms with Crippen LogP contribution in [-0.2, 0) is 17.6 Å². The van der Waals surface area contributed by atoms with Crippen LogP contribution in [0, 0.1) is 5.82 Å². The van der Waals surface area contributed by atoms with Crippen LogP contribution < -0.4 is 0 Å². The third kappa shape index (κ3) is 3.45. The molecule has 1 unspecified atom stereocenters. The Balaban J connectivity index is 1.42. The first-order chi connectivity index (χ1) is 12.2. The Bertz CT molecular complexity index is 776. The Morgan fingerprint density at radius 3 is 2.84 bits per heavy atom. The first-order valence-electron chi connectivity index (χ1n) is 9.05. The highest BCUT2D eigenvalue weighted by atomic mass is 19.1. The Morgan fingerprint density at radius 1 is 1.08 bits per heavy atom. The number of amides is 1. The summed E-state index contributed by atoms with van der Waals surface area (Å²) < 4.78 is 13.3. The monoisotopic (exact) mass is 338 g/mol. The smallest absolute Gasteiger partial charge is 0.223 e. The molecular weight excluding hydrogens is 315 g/mol. The quantitative estimate of drug-likeness (QED) is 0.858. The third-order valence-corrected chi connectivity index (χ3v) is 5.44. The van der Waals surface area contributed by atoms with Crippen molar-refractivity contribution in [1.82, 2.24) is 9.80 Å². The van der Waals surface area contributed by atoms with Crippen molar-refractivity contribution in [2.45, 2.75) is 25.3 Å². The molecule has 3 nitrogen and oxygen atoms in total. The number of hydrogen-bond acceptors (Lipinski definition) is 2. The van der Waals surface area contributed by atoms with Gasteiger partial charge in [-0.05, 0) is 41.7 Å². The summed E-state index contributed by atoms with van der Waals surface area (Å²) in [6.07, 6.45) is 2.13. The van der Waals surface area contributed by atoms with E-state index in [9.17, 15) is 9.18 Å². The molecule has 2 aromatic carbocycles. The zero-order valence-corrected chi connectivity index (χ0v) is 14.3. The van der Waals surface area contributed by atoms with Crippen molar-refractivity contribution < 1.29 is 9.18 Å². The molecule has 4 rings (SSSR count). The number of piperazine rings is 1. The second-order valence-electron chi connectivity index (χ2n) is 6.97. The van der Waals surface area contributed by atoms with Gasteiger partial charge in [0.05, 0.1) is 6.04 Å². The Kier molecular flexibility index (Phi) is 4.53. The van der Waals surface area contributed by atoms with Gasteiger partial charge in [0.2, 0.25) is 5.91 Å². The summed E-state index contributed by atoms with van der Waals surface area (Å²) >= 11 is 0. The summed E-state index contributed by atoms with van der Waals surface area (Å²) in [7, 11) is 0. The number of benzene rings is 2. The van der Waals surface area contributed by atoms with Gasteiger partial charge in [-0.1, -0.05) is 36.4 Å². The van der Waals surface area contributed by atoms with Crippen LogP contribution in [0.4, 0.5) is 4.39 Å². The van der Waals surface area contributed by atoms with Gasteiger partial charge in [0.1, 0.15) is 5.82 Å². The van der Waals surface area contributed by atoms with E-state index >= 15 is 0 Å². The molecule has 1 saturated heterocycles. The van der Waals surface area contributed by atoms with E-state index in [1.54, 1.807) is 6.07 Å². The summed E-state index contributed by atoms with van der Waals surface area (Å²) in [5.41, 5.74) is 3.67. The van der Waals surface area contributed by atoms with E-state index < -0.39 is 0 Å². The number of carbonyl (C=O) groups is 1.